The van der Waals surface area contributed by atoms with E-state index in [1.54, 1.807) is 37.2 Å². The molecule has 10 heteroatoms. The molecule has 1 saturated heterocycles. The van der Waals surface area contributed by atoms with E-state index in [-0.39, 0.29) is 12.2 Å². The van der Waals surface area contributed by atoms with Crippen LogP contribution in [0, 0.1) is 0 Å². The van der Waals surface area contributed by atoms with E-state index in [1.165, 1.54) is 0 Å². The highest BCUT2D eigenvalue weighted by Crippen LogP contribution is 2.36. The Morgan fingerprint density at radius 1 is 1.27 bits per heavy atom. The van der Waals surface area contributed by atoms with Crippen molar-refractivity contribution in [2.75, 3.05) is 13.1 Å². The minimum Gasteiger partial charge on any atom is -0.472 e. The summed E-state index contributed by atoms with van der Waals surface area (Å²) in [4.78, 5) is 25.5. The molecule has 0 aliphatic carbocycles. The molecule has 9 nitrogen and oxygen atoms in total. The van der Waals surface area contributed by atoms with E-state index < -0.39 is 11.1 Å². The van der Waals surface area contributed by atoms with Crippen molar-refractivity contribution in [1.29, 1.82) is 0 Å². The second kappa shape index (κ2) is 8.16. The number of carbonyl (C=O) groups excluding carboxylic acids is 1. The van der Waals surface area contributed by atoms with Crippen molar-refractivity contribution in [2.24, 2.45) is 5.11 Å². The largest absolute Gasteiger partial charge is 0.472 e. The maximum absolute atomic E-state index is 12.3. The zero-order chi connectivity index (χ0) is 22.1. The van der Waals surface area contributed by atoms with Crippen molar-refractivity contribution >= 4 is 28.5 Å². The maximum atomic E-state index is 12.3. The Balaban J connectivity index is 1.86. The Kier molecular flexibility index (Phi) is 5.97. The lowest BCUT2D eigenvalue weighted by Gasteiger charge is -2.24. The van der Waals surface area contributed by atoms with Crippen LogP contribution in [0.5, 0.6) is 5.88 Å². The van der Waals surface area contributed by atoms with Gasteiger partial charge in [0.25, 0.3) is 0 Å². The van der Waals surface area contributed by atoms with Crippen molar-refractivity contribution in [3.05, 3.63) is 39.6 Å². The van der Waals surface area contributed by atoms with Gasteiger partial charge in [0.2, 0.25) is 5.88 Å². The first-order chi connectivity index (χ1) is 14.0. The van der Waals surface area contributed by atoms with E-state index in [0.29, 0.717) is 41.5 Å². The molecular formula is C20H25ClN6O3. The maximum Gasteiger partial charge on any atom is 0.410 e. The van der Waals surface area contributed by atoms with Gasteiger partial charge in [-0.05, 0) is 43.3 Å². The molecule has 160 valence electrons. The lowest BCUT2D eigenvalue weighted by molar-refractivity contribution is 0.0275. The molecule has 2 aromatic rings. The SMILES string of the molecule is CC(C)(C)OC(=O)N1CC[C@@H](Oc2ncc(C(C)(C)N=[N+]=[N-])c3cc(Cl)ncc23)C1. The van der Waals surface area contributed by atoms with Crippen LogP contribution in [0.25, 0.3) is 21.2 Å². The molecule has 0 radical (unpaired) electrons. The predicted octanol–water partition coefficient (Wildman–Crippen LogP) is 5.22. The van der Waals surface area contributed by atoms with Crippen LogP contribution < -0.4 is 4.74 Å². The fourth-order valence-electron chi connectivity index (χ4n) is 3.31. The number of halogens is 1. The smallest absolute Gasteiger partial charge is 0.410 e. The Hall–Kier alpha value is -2.77. The van der Waals surface area contributed by atoms with Crippen molar-refractivity contribution in [3.8, 4) is 5.88 Å². The van der Waals surface area contributed by atoms with Crippen LogP contribution in [0.1, 0.15) is 46.6 Å². The molecule has 0 bridgehead atoms. The normalized spacial score (nSPS) is 17.0. The summed E-state index contributed by atoms with van der Waals surface area (Å²) in [5.41, 5.74) is 8.25. The number of fused-ring (bicyclic) bond motifs is 1. The first kappa shape index (κ1) is 21.9. The van der Waals surface area contributed by atoms with Gasteiger partial charge >= 0.3 is 6.09 Å². The second-order valence-corrected chi connectivity index (χ2v) is 9.12. The molecule has 1 atom stereocenters. The number of aromatic nitrogens is 2. The molecule has 1 fully saturated rings. The number of likely N-dealkylation sites (tertiary alicyclic amines) is 1. The topological polar surface area (TPSA) is 113 Å². The van der Waals surface area contributed by atoms with Crippen LogP contribution in [-0.4, -0.2) is 45.8 Å². The average molecular weight is 433 g/mol. The predicted molar refractivity (Wildman–Crippen MR) is 114 cm³/mol. The van der Waals surface area contributed by atoms with Crippen LogP contribution in [0.15, 0.2) is 23.6 Å². The first-order valence-electron chi connectivity index (χ1n) is 9.66. The summed E-state index contributed by atoms with van der Waals surface area (Å²) in [5, 5.41) is 5.60. The van der Waals surface area contributed by atoms with Crippen molar-refractivity contribution in [2.45, 2.75) is 58.3 Å². The number of ether oxygens (including phenoxy) is 2. The molecule has 30 heavy (non-hydrogen) atoms. The summed E-state index contributed by atoms with van der Waals surface area (Å²) < 4.78 is 11.6. The molecule has 0 aromatic carbocycles. The van der Waals surface area contributed by atoms with Gasteiger partial charge in [-0.3, -0.25) is 0 Å². The average Bonchev–Trinajstić information content (AvgIpc) is 3.08. The molecule has 0 N–H and O–H groups in total. The lowest BCUT2D eigenvalue weighted by atomic mass is 9.93. The zero-order valence-corrected chi connectivity index (χ0v) is 18.5. The quantitative estimate of drug-likeness (QED) is 0.284. The van der Waals surface area contributed by atoms with Gasteiger partial charge in [0, 0.05) is 30.3 Å². The third-order valence-electron chi connectivity index (χ3n) is 4.73. The molecule has 2 aromatic heterocycles. The van der Waals surface area contributed by atoms with Gasteiger partial charge in [-0.1, -0.05) is 30.6 Å². The number of rotatable bonds is 4. The number of pyridine rings is 2. The van der Waals surface area contributed by atoms with E-state index in [4.69, 9.17) is 26.6 Å². The first-order valence-corrected chi connectivity index (χ1v) is 10.0. The third kappa shape index (κ3) is 4.86. The van der Waals surface area contributed by atoms with Gasteiger partial charge < -0.3 is 14.4 Å². The van der Waals surface area contributed by atoms with Gasteiger partial charge in [0.1, 0.15) is 16.9 Å². The van der Waals surface area contributed by atoms with Crippen LogP contribution >= 0.6 is 11.6 Å². The Morgan fingerprint density at radius 3 is 2.67 bits per heavy atom. The van der Waals surface area contributed by atoms with E-state index >= 15 is 0 Å². The van der Waals surface area contributed by atoms with E-state index in [2.05, 4.69) is 20.0 Å². The molecule has 1 amide bonds. The van der Waals surface area contributed by atoms with E-state index in [9.17, 15) is 4.79 Å². The molecule has 1 aliphatic heterocycles. The Bertz CT molecular complexity index is 1010. The second-order valence-electron chi connectivity index (χ2n) is 8.73. The minimum absolute atomic E-state index is 0.222. The van der Waals surface area contributed by atoms with Crippen molar-refractivity contribution in [1.82, 2.24) is 14.9 Å². The fraction of sp³-hybridized carbons (Fsp3) is 0.550. The number of hydrogen-bond acceptors (Lipinski definition) is 6. The van der Waals surface area contributed by atoms with Crippen LogP contribution in [0.4, 0.5) is 4.79 Å². The van der Waals surface area contributed by atoms with Gasteiger partial charge in [-0.2, -0.15) is 0 Å². The van der Waals surface area contributed by atoms with Gasteiger partial charge in [0.15, 0.2) is 0 Å². The van der Waals surface area contributed by atoms with Crippen LogP contribution in [-0.2, 0) is 10.3 Å². The van der Waals surface area contributed by atoms with Crippen molar-refractivity contribution in [3.63, 3.8) is 0 Å². The monoisotopic (exact) mass is 432 g/mol. The molecular weight excluding hydrogens is 408 g/mol. The van der Waals surface area contributed by atoms with Gasteiger partial charge in [-0.25, -0.2) is 14.8 Å². The Labute approximate surface area is 180 Å². The molecule has 0 unspecified atom stereocenters. The van der Waals surface area contributed by atoms with E-state index in [1.807, 2.05) is 20.8 Å². The molecule has 1 aliphatic rings. The fourth-order valence-corrected chi connectivity index (χ4v) is 3.46. The minimum atomic E-state index is -0.829. The highest BCUT2D eigenvalue weighted by Gasteiger charge is 2.32. The summed E-state index contributed by atoms with van der Waals surface area (Å²) in [7, 11) is 0. The third-order valence-corrected chi connectivity index (χ3v) is 4.94. The molecule has 0 spiro atoms. The summed E-state index contributed by atoms with van der Waals surface area (Å²) in [6, 6.07) is 1.71. The highest BCUT2D eigenvalue weighted by atomic mass is 35.5. The standard InChI is InChI=1S/C20H25ClN6O3/c1-19(2,3)30-18(28)27-7-6-12(11-27)29-17-14-9-23-16(21)8-13(14)15(10-24-17)20(4,5)25-26-22/h8-10,12H,6-7,11H2,1-5H3/t12-/m1/s1. The van der Waals surface area contributed by atoms with Crippen LogP contribution in [0.3, 0.4) is 0 Å². The van der Waals surface area contributed by atoms with Crippen molar-refractivity contribution < 1.29 is 14.3 Å². The zero-order valence-electron chi connectivity index (χ0n) is 17.7. The molecule has 3 heterocycles. The number of hydrogen-bond donors (Lipinski definition) is 0. The van der Waals surface area contributed by atoms with Crippen LogP contribution in [0.2, 0.25) is 5.15 Å². The number of azide groups is 1. The molecule has 0 saturated carbocycles. The summed E-state index contributed by atoms with van der Waals surface area (Å²) in [6.45, 7) is 10.1. The summed E-state index contributed by atoms with van der Waals surface area (Å²) in [6.07, 6.45) is 3.31. The van der Waals surface area contributed by atoms with E-state index in [0.717, 1.165) is 5.39 Å². The lowest BCUT2D eigenvalue weighted by Crippen LogP contribution is -2.36. The van der Waals surface area contributed by atoms with Gasteiger partial charge in [-0.15, -0.1) is 0 Å². The number of nitrogens with zero attached hydrogens (tertiary/aromatic N) is 6. The summed E-state index contributed by atoms with van der Waals surface area (Å²) in [5.74, 6) is 0.394. The number of carbonyl (C=O) groups is 1. The Morgan fingerprint density at radius 2 is 2.00 bits per heavy atom. The summed E-state index contributed by atoms with van der Waals surface area (Å²) >= 11 is 6.11. The highest BCUT2D eigenvalue weighted by molar-refractivity contribution is 6.30. The molecule has 3 rings (SSSR count). The number of amides is 1. The van der Waals surface area contributed by atoms with Gasteiger partial charge in [0.05, 0.1) is 17.5 Å².